The lowest BCUT2D eigenvalue weighted by Crippen LogP contribution is -2.33. The molecule has 0 saturated carbocycles. The molecule has 0 aromatic carbocycles. The van der Waals surface area contributed by atoms with E-state index < -0.39 is 6.10 Å². The number of anilines is 1. The van der Waals surface area contributed by atoms with Crippen LogP contribution in [0.2, 0.25) is 5.28 Å². The first kappa shape index (κ1) is 14.6. The molecule has 0 saturated heterocycles. The summed E-state index contributed by atoms with van der Waals surface area (Å²) in [6.07, 6.45) is 2.16. The van der Waals surface area contributed by atoms with Crippen LogP contribution >= 0.6 is 11.6 Å². The number of halogens is 1. The van der Waals surface area contributed by atoms with Crippen LogP contribution in [0.15, 0.2) is 12.7 Å². The SMILES string of the molecule is COCC(O)CN(C)c1nc(Cl)nc(-n2cncn2)n1. The third-order valence-electron chi connectivity index (χ3n) is 2.39. The van der Waals surface area contributed by atoms with Crippen molar-refractivity contribution in [1.29, 1.82) is 0 Å². The Morgan fingerprint density at radius 3 is 2.90 bits per heavy atom. The number of aliphatic hydroxyl groups is 1. The second-order valence-electron chi connectivity index (χ2n) is 4.03. The molecule has 0 fully saturated rings. The second kappa shape index (κ2) is 6.55. The molecule has 0 bridgehead atoms. The van der Waals surface area contributed by atoms with Crippen molar-refractivity contribution in [3.63, 3.8) is 0 Å². The lowest BCUT2D eigenvalue weighted by Gasteiger charge is -2.20. The van der Waals surface area contributed by atoms with Crippen LogP contribution in [-0.2, 0) is 4.74 Å². The number of hydrogen-bond donors (Lipinski definition) is 1. The standard InChI is InChI=1S/C10H14ClN7O2/c1-17(3-7(19)4-20-2)9-14-8(11)15-10(16-9)18-6-12-5-13-18/h5-7,19H,3-4H2,1-2H3. The first-order valence-electron chi connectivity index (χ1n) is 5.75. The highest BCUT2D eigenvalue weighted by atomic mass is 35.5. The molecule has 108 valence electrons. The fourth-order valence-electron chi connectivity index (χ4n) is 1.56. The van der Waals surface area contributed by atoms with Crippen LogP contribution in [0.25, 0.3) is 5.95 Å². The van der Waals surface area contributed by atoms with Gasteiger partial charge in [-0.05, 0) is 11.6 Å². The maximum Gasteiger partial charge on any atom is 0.258 e. The first-order valence-corrected chi connectivity index (χ1v) is 6.12. The van der Waals surface area contributed by atoms with Crippen LogP contribution in [-0.4, -0.2) is 68.2 Å². The van der Waals surface area contributed by atoms with Crippen molar-refractivity contribution >= 4 is 17.5 Å². The molecule has 2 aromatic rings. The summed E-state index contributed by atoms with van der Waals surface area (Å²) in [6.45, 7) is 0.518. The highest BCUT2D eigenvalue weighted by molar-refractivity contribution is 6.28. The van der Waals surface area contributed by atoms with Gasteiger partial charge >= 0.3 is 0 Å². The molecule has 9 nitrogen and oxygen atoms in total. The van der Waals surface area contributed by atoms with Gasteiger partial charge in [0.1, 0.15) is 12.7 Å². The Hall–Kier alpha value is -1.84. The van der Waals surface area contributed by atoms with Crippen molar-refractivity contribution in [2.75, 3.05) is 32.2 Å². The van der Waals surface area contributed by atoms with Gasteiger partial charge in [0.05, 0.1) is 12.7 Å². The Balaban J connectivity index is 2.19. The van der Waals surface area contributed by atoms with E-state index in [1.54, 1.807) is 11.9 Å². The normalized spacial score (nSPS) is 12.4. The highest BCUT2D eigenvalue weighted by Crippen LogP contribution is 2.12. The van der Waals surface area contributed by atoms with Crippen LogP contribution in [0, 0.1) is 0 Å². The first-order chi connectivity index (χ1) is 9.60. The maximum absolute atomic E-state index is 9.71. The summed E-state index contributed by atoms with van der Waals surface area (Å²) in [7, 11) is 3.25. The molecular weight excluding hydrogens is 286 g/mol. The Labute approximate surface area is 120 Å². The molecule has 0 aliphatic carbocycles. The molecule has 1 atom stereocenters. The number of methoxy groups -OCH3 is 1. The van der Waals surface area contributed by atoms with Gasteiger partial charge in [0, 0.05) is 20.7 Å². The van der Waals surface area contributed by atoms with Crippen LogP contribution in [0.4, 0.5) is 5.95 Å². The van der Waals surface area contributed by atoms with E-state index in [9.17, 15) is 5.11 Å². The molecule has 0 amide bonds. The van der Waals surface area contributed by atoms with Gasteiger partial charge in [-0.3, -0.25) is 0 Å². The Bertz CT molecular complexity index is 551. The Morgan fingerprint density at radius 1 is 1.45 bits per heavy atom. The van der Waals surface area contributed by atoms with Crippen LogP contribution in [0.3, 0.4) is 0 Å². The second-order valence-corrected chi connectivity index (χ2v) is 4.37. The lowest BCUT2D eigenvalue weighted by atomic mass is 10.3. The molecule has 2 heterocycles. The number of hydrogen-bond acceptors (Lipinski definition) is 8. The van der Waals surface area contributed by atoms with E-state index in [-0.39, 0.29) is 17.8 Å². The molecule has 2 rings (SSSR count). The van der Waals surface area contributed by atoms with Crippen molar-refractivity contribution < 1.29 is 9.84 Å². The topological polar surface area (TPSA) is 102 Å². The van der Waals surface area contributed by atoms with Crippen LogP contribution in [0.1, 0.15) is 0 Å². The van der Waals surface area contributed by atoms with Gasteiger partial charge in [-0.15, -0.1) is 0 Å². The number of aromatic nitrogens is 6. The summed E-state index contributed by atoms with van der Waals surface area (Å²) in [6, 6.07) is 0. The van der Waals surface area contributed by atoms with E-state index in [0.29, 0.717) is 12.5 Å². The molecular formula is C10H14ClN7O2. The molecule has 20 heavy (non-hydrogen) atoms. The van der Waals surface area contributed by atoms with Crippen molar-refractivity contribution in [2.45, 2.75) is 6.10 Å². The molecule has 0 radical (unpaired) electrons. The monoisotopic (exact) mass is 299 g/mol. The molecule has 0 spiro atoms. The minimum Gasteiger partial charge on any atom is -0.389 e. The van der Waals surface area contributed by atoms with Gasteiger partial charge in [0.2, 0.25) is 11.2 Å². The van der Waals surface area contributed by atoms with Gasteiger partial charge in [-0.2, -0.15) is 24.7 Å². The van der Waals surface area contributed by atoms with E-state index in [1.807, 2.05) is 0 Å². The lowest BCUT2D eigenvalue weighted by molar-refractivity contribution is 0.0693. The zero-order valence-corrected chi connectivity index (χ0v) is 11.8. The average Bonchev–Trinajstić information content (AvgIpc) is 2.92. The van der Waals surface area contributed by atoms with Gasteiger partial charge in [-0.1, -0.05) is 0 Å². The third kappa shape index (κ3) is 3.59. The van der Waals surface area contributed by atoms with E-state index in [0.717, 1.165) is 0 Å². The molecule has 2 aromatic heterocycles. The van der Waals surface area contributed by atoms with Gasteiger partial charge < -0.3 is 14.7 Å². The number of likely N-dealkylation sites (N-methyl/N-ethyl adjacent to an activating group) is 1. The fourth-order valence-corrected chi connectivity index (χ4v) is 1.71. The highest BCUT2D eigenvalue weighted by Gasteiger charge is 2.14. The van der Waals surface area contributed by atoms with E-state index >= 15 is 0 Å². The van der Waals surface area contributed by atoms with E-state index in [4.69, 9.17) is 16.3 Å². The predicted molar refractivity (Wildman–Crippen MR) is 70.9 cm³/mol. The zero-order chi connectivity index (χ0) is 14.5. The van der Waals surface area contributed by atoms with Crippen molar-refractivity contribution in [2.24, 2.45) is 0 Å². The molecule has 1 N–H and O–H groups in total. The van der Waals surface area contributed by atoms with E-state index in [1.165, 1.54) is 24.4 Å². The van der Waals surface area contributed by atoms with Gasteiger partial charge in [0.25, 0.3) is 5.95 Å². The third-order valence-corrected chi connectivity index (χ3v) is 2.56. The average molecular weight is 300 g/mol. The molecule has 0 aliphatic heterocycles. The smallest absolute Gasteiger partial charge is 0.258 e. The van der Waals surface area contributed by atoms with Crippen LogP contribution < -0.4 is 4.90 Å². The van der Waals surface area contributed by atoms with Crippen molar-refractivity contribution in [3.8, 4) is 5.95 Å². The molecule has 1 unspecified atom stereocenters. The summed E-state index contributed by atoms with van der Waals surface area (Å²) < 4.78 is 6.24. The Morgan fingerprint density at radius 2 is 2.25 bits per heavy atom. The summed E-state index contributed by atoms with van der Waals surface area (Å²) in [5.41, 5.74) is 0. The summed E-state index contributed by atoms with van der Waals surface area (Å²) >= 11 is 5.87. The number of ether oxygens (including phenoxy) is 1. The minimum atomic E-state index is -0.657. The van der Waals surface area contributed by atoms with E-state index in [2.05, 4.69) is 25.0 Å². The van der Waals surface area contributed by atoms with Gasteiger partial charge in [-0.25, -0.2) is 4.98 Å². The summed E-state index contributed by atoms with van der Waals surface area (Å²) in [5, 5.41) is 13.7. The number of nitrogens with zero attached hydrogens (tertiary/aromatic N) is 7. The largest absolute Gasteiger partial charge is 0.389 e. The van der Waals surface area contributed by atoms with Crippen molar-refractivity contribution in [3.05, 3.63) is 17.9 Å². The van der Waals surface area contributed by atoms with Gasteiger partial charge in [0.15, 0.2) is 0 Å². The number of rotatable bonds is 6. The maximum atomic E-state index is 9.71. The molecule has 0 aliphatic rings. The molecule has 10 heteroatoms. The zero-order valence-electron chi connectivity index (χ0n) is 11.0. The minimum absolute atomic E-state index is 0.0357. The van der Waals surface area contributed by atoms with Crippen LogP contribution in [0.5, 0.6) is 0 Å². The Kier molecular flexibility index (Phi) is 4.77. The fraction of sp³-hybridized carbons (Fsp3) is 0.500. The summed E-state index contributed by atoms with van der Waals surface area (Å²) in [4.78, 5) is 17.7. The predicted octanol–water partition coefficient (Wildman–Crippen LogP) is -0.451. The summed E-state index contributed by atoms with van der Waals surface area (Å²) in [5.74, 6) is 0.580. The van der Waals surface area contributed by atoms with Crippen molar-refractivity contribution in [1.82, 2.24) is 29.7 Å². The quantitative estimate of drug-likeness (QED) is 0.765. The number of aliphatic hydroxyl groups excluding tert-OH is 1.